The van der Waals surface area contributed by atoms with Gasteiger partial charge < -0.3 is 0 Å². The van der Waals surface area contributed by atoms with Gasteiger partial charge in [-0.05, 0) is 18.6 Å². The summed E-state index contributed by atoms with van der Waals surface area (Å²) >= 11 is 0. The average molecular weight is 245 g/mol. The maximum absolute atomic E-state index is 11.5. The zero-order chi connectivity index (χ0) is 13.0. The number of amides is 1. The van der Waals surface area contributed by atoms with Crippen LogP contribution >= 0.6 is 0 Å². The summed E-state index contributed by atoms with van der Waals surface area (Å²) in [5, 5.41) is 4.23. The zero-order valence-electron chi connectivity index (χ0n) is 10.3. The van der Waals surface area contributed by atoms with Gasteiger partial charge >= 0.3 is 0 Å². The van der Waals surface area contributed by atoms with Crippen molar-refractivity contribution in [3.05, 3.63) is 53.9 Å². The molecule has 1 aromatic heterocycles. The number of hydrogen-bond donors (Lipinski definition) is 1. The maximum Gasteiger partial charge on any atom is 0.295 e. The zero-order valence-corrected chi connectivity index (χ0v) is 10.3. The van der Waals surface area contributed by atoms with Crippen molar-refractivity contribution in [2.45, 2.75) is 13.0 Å². The molecule has 94 valence electrons. The summed E-state index contributed by atoms with van der Waals surface area (Å²) in [6, 6.07) is 11.7. The Kier molecular flexibility index (Phi) is 3.74. The van der Waals surface area contributed by atoms with Crippen molar-refractivity contribution >= 4 is 5.91 Å². The third-order valence-electron chi connectivity index (χ3n) is 2.71. The number of carbonyl (C=O) groups is 1. The van der Waals surface area contributed by atoms with Crippen molar-refractivity contribution in [2.24, 2.45) is 0 Å². The van der Waals surface area contributed by atoms with Crippen molar-refractivity contribution < 1.29 is 9.63 Å². The van der Waals surface area contributed by atoms with Crippen LogP contribution in [0.4, 0.5) is 0 Å². The van der Waals surface area contributed by atoms with Crippen LogP contribution in [0, 0.1) is 0 Å². The van der Waals surface area contributed by atoms with Gasteiger partial charge in [-0.2, -0.15) is 5.10 Å². The van der Waals surface area contributed by atoms with Gasteiger partial charge in [0.1, 0.15) is 0 Å². The molecule has 0 fully saturated rings. The molecule has 0 aliphatic carbocycles. The van der Waals surface area contributed by atoms with E-state index < -0.39 is 0 Å². The average Bonchev–Trinajstić information content (AvgIpc) is 2.89. The normalized spacial score (nSPS) is 12.1. The van der Waals surface area contributed by atoms with Crippen LogP contribution in [0.5, 0.6) is 0 Å². The molecule has 1 amide bonds. The fourth-order valence-electron chi connectivity index (χ4n) is 1.70. The van der Waals surface area contributed by atoms with Gasteiger partial charge in [0, 0.05) is 6.20 Å². The summed E-state index contributed by atoms with van der Waals surface area (Å²) in [6.07, 6.45) is 1.78. The van der Waals surface area contributed by atoms with E-state index in [1.54, 1.807) is 16.9 Å². The second-order valence-corrected chi connectivity index (χ2v) is 3.90. The van der Waals surface area contributed by atoms with E-state index in [1.165, 1.54) is 7.11 Å². The minimum atomic E-state index is -0.350. The Balaban J connectivity index is 2.17. The van der Waals surface area contributed by atoms with Crippen LogP contribution in [-0.2, 0) is 4.84 Å². The third-order valence-corrected chi connectivity index (χ3v) is 2.71. The Morgan fingerprint density at radius 1 is 1.33 bits per heavy atom. The monoisotopic (exact) mass is 245 g/mol. The third kappa shape index (κ3) is 2.57. The highest BCUT2D eigenvalue weighted by Gasteiger charge is 2.12. The van der Waals surface area contributed by atoms with Crippen LogP contribution in [-0.4, -0.2) is 22.8 Å². The minimum Gasteiger partial charge on any atom is -0.277 e. The van der Waals surface area contributed by atoms with Crippen LogP contribution in [0.2, 0.25) is 0 Å². The van der Waals surface area contributed by atoms with Gasteiger partial charge in [0.15, 0.2) is 5.69 Å². The number of nitrogens with zero attached hydrogens (tertiary/aromatic N) is 2. The lowest BCUT2D eigenvalue weighted by Gasteiger charge is -2.12. The van der Waals surface area contributed by atoms with Gasteiger partial charge in [0.2, 0.25) is 0 Å². The Labute approximate surface area is 105 Å². The maximum atomic E-state index is 11.5. The molecule has 0 aliphatic heterocycles. The lowest BCUT2D eigenvalue weighted by Crippen LogP contribution is -2.22. The molecular formula is C13H15N3O2. The van der Waals surface area contributed by atoms with Crippen molar-refractivity contribution in [1.82, 2.24) is 15.3 Å². The number of hydroxylamine groups is 1. The van der Waals surface area contributed by atoms with Crippen molar-refractivity contribution in [3.8, 4) is 0 Å². The number of nitrogens with one attached hydrogen (secondary N) is 1. The number of hydrogen-bond acceptors (Lipinski definition) is 3. The van der Waals surface area contributed by atoms with E-state index in [4.69, 9.17) is 0 Å². The molecule has 0 aliphatic rings. The molecule has 1 N–H and O–H groups in total. The molecule has 5 heteroatoms. The fraction of sp³-hybridized carbons (Fsp3) is 0.231. The molecule has 1 aromatic carbocycles. The van der Waals surface area contributed by atoms with Gasteiger partial charge in [-0.1, -0.05) is 30.3 Å². The quantitative estimate of drug-likeness (QED) is 0.835. The van der Waals surface area contributed by atoms with Crippen LogP contribution < -0.4 is 5.48 Å². The SMILES string of the molecule is CONC(=O)c1ccn(C(C)c2ccccc2)n1. The smallest absolute Gasteiger partial charge is 0.277 e. The molecule has 1 atom stereocenters. The Morgan fingerprint density at radius 2 is 2.06 bits per heavy atom. The van der Waals surface area contributed by atoms with Gasteiger partial charge in [-0.15, -0.1) is 0 Å². The molecule has 0 saturated heterocycles. The highest BCUT2D eigenvalue weighted by Crippen LogP contribution is 2.16. The van der Waals surface area contributed by atoms with Gasteiger partial charge in [-0.25, -0.2) is 5.48 Å². The Bertz CT molecular complexity index is 522. The molecule has 18 heavy (non-hydrogen) atoms. The first kappa shape index (κ1) is 12.3. The molecule has 5 nitrogen and oxygen atoms in total. The van der Waals surface area contributed by atoms with Crippen molar-refractivity contribution in [2.75, 3.05) is 7.11 Å². The van der Waals surface area contributed by atoms with E-state index >= 15 is 0 Å². The van der Waals surface area contributed by atoms with Crippen LogP contribution in [0.1, 0.15) is 29.0 Å². The Morgan fingerprint density at radius 3 is 2.72 bits per heavy atom. The fourth-order valence-corrected chi connectivity index (χ4v) is 1.70. The lowest BCUT2D eigenvalue weighted by atomic mass is 10.1. The number of benzene rings is 1. The van der Waals surface area contributed by atoms with E-state index in [0.717, 1.165) is 5.56 Å². The van der Waals surface area contributed by atoms with Crippen molar-refractivity contribution in [1.29, 1.82) is 0 Å². The molecule has 1 unspecified atom stereocenters. The van der Waals surface area contributed by atoms with E-state index in [2.05, 4.69) is 15.4 Å². The molecule has 2 rings (SSSR count). The summed E-state index contributed by atoms with van der Waals surface area (Å²) in [4.78, 5) is 16.1. The molecule has 0 spiro atoms. The highest BCUT2D eigenvalue weighted by molar-refractivity contribution is 5.91. The summed E-state index contributed by atoms with van der Waals surface area (Å²) in [5.41, 5.74) is 3.71. The van der Waals surface area contributed by atoms with Crippen LogP contribution in [0.25, 0.3) is 0 Å². The van der Waals surface area contributed by atoms with Gasteiger partial charge in [0.25, 0.3) is 5.91 Å². The first-order valence-corrected chi connectivity index (χ1v) is 5.66. The summed E-state index contributed by atoms with van der Waals surface area (Å²) in [5.74, 6) is -0.350. The molecule has 2 aromatic rings. The standard InChI is InChI=1S/C13H15N3O2/c1-10(11-6-4-3-5-7-11)16-9-8-12(14-16)13(17)15-18-2/h3-10H,1-2H3,(H,15,17). The second kappa shape index (κ2) is 5.46. The summed E-state index contributed by atoms with van der Waals surface area (Å²) in [7, 11) is 1.39. The molecule has 0 saturated carbocycles. The topological polar surface area (TPSA) is 56.1 Å². The van der Waals surface area contributed by atoms with E-state index in [0.29, 0.717) is 5.69 Å². The second-order valence-electron chi connectivity index (χ2n) is 3.90. The predicted molar refractivity (Wildman–Crippen MR) is 67.0 cm³/mol. The van der Waals surface area contributed by atoms with E-state index in [9.17, 15) is 4.79 Å². The first-order valence-electron chi connectivity index (χ1n) is 5.66. The number of carbonyl (C=O) groups excluding carboxylic acids is 1. The predicted octanol–water partition coefficient (Wildman–Crippen LogP) is 1.78. The molecular weight excluding hydrogens is 230 g/mol. The number of rotatable bonds is 4. The van der Waals surface area contributed by atoms with Crippen molar-refractivity contribution in [3.63, 3.8) is 0 Å². The largest absolute Gasteiger partial charge is 0.295 e. The van der Waals surface area contributed by atoms with Crippen LogP contribution in [0.15, 0.2) is 42.6 Å². The molecule has 1 heterocycles. The highest BCUT2D eigenvalue weighted by atomic mass is 16.6. The lowest BCUT2D eigenvalue weighted by molar-refractivity contribution is 0.0531. The first-order chi connectivity index (χ1) is 8.72. The van der Waals surface area contributed by atoms with Gasteiger partial charge in [0.05, 0.1) is 13.2 Å². The molecule has 0 bridgehead atoms. The van der Waals surface area contributed by atoms with Gasteiger partial charge in [-0.3, -0.25) is 14.3 Å². The van der Waals surface area contributed by atoms with E-state index in [-0.39, 0.29) is 11.9 Å². The molecule has 0 radical (unpaired) electrons. The minimum absolute atomic E-state index is 0.0790. The summed E-state index contributed by atoms with van der Waals surface area (Å²) < 4.78 is 1.75. The van der Waals surface area contributed by atoms with Crippen LogP contribution in [0.3, 0.4) is 0 Å². The summed E-state index contributed by atoms with van der Waals surface area (Å²) in [6.45, 7) is 2.03. The van der Waals surface area contributed by atoms with E-state index in [1.807, 2.05) is 37.3 Å². The number of aromatic nitrogens is 2. The Hall–Kier alpha value is -2.14.